The summed E-state index contributed by atoms with van der Waals surface area (Å²) < 4.78 is 0. The third-order valence-corrected chi connectivity index (χ3v) is 3.61. The van der Waals surface area contributed by atoms with Crippen LogP contribution in [0.5, 0.6) is 0 Å². The third kappa shape index (κ3) is 3.22. The number of nitrogens with zero attached hydrogens (tertiary/aromatic N) is 1. The van der Waals surface area contributed by atoms with Crippen LogP contribution in [0.1, 0.15) is 32.8 Å². The lowest BCUT2D eigenvalue weighted by atomic mass is 10.1. The predicted octanol–water partition coefficient (Wildman–Crippen LogP) is 2.83. The zero-order chi connectivity index (χ0) is 12.3. The van der Waals surface area contributed by atoms with Crippen molar-refractivity contribution in [2.24, 2.45) is 0 Å². The Balaban J connectivity index is 2.09. The van der Waals surface area contributed by atoms with E-state index in [4.69, 9.17) is 0 Å². The van der Waals surface area contributed by atoms with Gasteiger partial charge in [0.15, 0.2) is 0 Å². The summed E-state index contributed by atoms with van der Waals surface area (Å²) in [5.74, 6) is 0. The van der Waals surface area contributed by atoms with E-state index in [1.165, 1.54) is 17.7 Å². The number of nitrogens with one attached hydrogen (secondary N) is 1. The van der Waals surface area contributed by atoms with Gasteiger partial charge in [0.1, 0.15) is 0 Å². The van der Waals surface area contributed by atoms with Gasteiger partial charge in [0.25, 0.3) is 0 Å². The molecule has 1 N–H and O–H groups in total. The van der Waals surface area contributed by atoms with Crippen LogP contribution in [0.15, 0.2) is 24.3 Å². The van der Waals surface area contributed by atoms with Crippen molar-refractivity contribution in [3.8, 4) is 0 Å². The van der Waals surface area contributed by atoms with Gasteiger partial charge in [0.2, 0.25) is 0 Å². The van der Waals surface area contributed by atoms with Gasteiger partial charge in [-0.05, 0) is 44.4 Å². The maximum atomic E-state index is 3.62. The molecule has 17 heavy (non-hydrogen) atoms. The van der Waals surface area contributed by atoms with E-state index in [0.717, 1.165) is 19.5 Å². The number of hydrogen-bond acceptors (Lipinski definition) is 2. The second kappa shape index (κ2) is 5.54. The molecule has 1 saturated heterocycles. The second-order valence-electron chi connectivity index (χ2n) is 5.22. The zero-order valence-electron chi connectivity index (χ0n) is 11.2. The van der Waals surface area contributed by atoms with Gasteiger partial charge in [-0.2, -0.15) is 0 Å². The molecular weight excluding hydrogens is 208 g/mol. The first-order chi connectivity index (χ1) is 8.19. The second-order valence-corrected chi connectivity index (χ2v) is 5.22. The Labute approximate surface area is 105 Å². The van der Waals surface area contributed by atoms with Crippen LogP contribution in [0.2, 0.25) is 0 Å². The molecule has 0 aliphatic carbocycles. The summed E-state index contributed by atoms with van der Waals surface area (Å²) in [5, 5.41) is 3.62. The fourth-order valence-electron chi connectivity index (χ4n) is 2.57. The van der Waals surface area contributed by atoms with E-state index in [-0.39, 0.29) is 0 Å². The molecule has 0 radical (unpaired) electrons. The largest absolute Gasteiger partial charge is 0.370 e. The molecule has 0 spiro atoms. The molecule has 1 aromatic carbocycles. The van der Waals surface area contributed by atoms with E-state index in [2.05, 4.69) is 55.3 Å². The Bertz CT molecular complexity index is 344. The first-order valence-corrected chi connectivity index (χ1v) is 6.79. The monoisotopic (exact) mass is 232 g/mol. The molecule has 0 amide bonds. The van der Waals surface area contributed by atoms with Crippen LogP contribution < -0.4 is 10.2 Å². The maximum absolute atomic E-state index is 3.62. The van der Waals surface area contributed by atoms with E-state index in [0.29, 0.717) is 12.1 Å². The molecule has 94 valence electrons. The molecule has 0 aromatic heterocycles. The summed E-state index contributed by atoms with van der Waals surface area (Å²) in [6, 6.07) is 10.2. The summed E-state index contributed by atoms with van der Waals surface area (Å²) in [6.07, 6.45) is 2.34. The number of anilines is 1. The third-order valence-electron chi connectivity index (χ3n) is 3.61. The van der Waals surface area contributed by atoms with Gasteiger partial charge in [-0.25, -0.2) is 0 Å². The van der Waals surface area contributed by atoms with Crippen molar-refractivity contribution in [3.05, 3.63) is 29.8 Å². The summed E-state index contributed by atoms with van der Waals surface area (Å²) in [4.78, 5) is 2.50. The highest BCUT2D eigenvalue weighted by molar-refractivity contribution is 5.48. The lowest BCUT2D eigenvalue weighted by molar-refractivity contribution is 0.492. The Morgan fingerprint density at radius 3 is 2.53 bits per heavy atom. The molecule has 1 fully saturated rings. The summed E-state index contributed by atoms with van der Waals surface area (Å²) >= 11 is 0. The highest BCUT2D eigenvalue weighted by Crippen LogP contribution is 2.18. The SMILES string of the molecule is CCc1ccc(N2CCC(C)NC(C)C2)cc1. The highest BCUT2D eigenvalue weighted by atomic mass is 15.2. The van der Waals surface area contributed by atoms with Crippen molar-refractivity contribution in [2.75, 3.05) is 18.0 Å². The minimum Gasteiger partial charge on any atom is -0.370 e. The van der Waals surface area contributed by atoms with Crippen LogP contribution in [-0.4, -0.2) is 25.2 Å². The summed E-state index contributed by atoms with van der Waals surface area (Å²) in [7, 11) is 0. The van der Waals surface area contributed by atoms with Gasteiger partial charge in [-0.1, -0.05) is 19.1 Å². The molecule has 0 bridgehead atoms. The van der Waals surface area contributed by atoms with Crippen LogP contribution in [0.3, 0.4) is 0 Å². The van der Waals surface area contributed by atoms with E-state index in [9.17, 15) is 0 Å². The molecule has 2 rings (SSSR count). The topological polar surface area (TPSA) is 15.3 Å². The molecule has 1 aliphatic heterocycles. The van der Waals surface area contributed by atoms with Crippen molar-refractivity contribution in [3.63, 3.8) is 0 Å². The molecular formula is C15H24N2. The Hall–Kier alpha value is -1.02. The van der Waals surface area contributed by atoms with Crippen molar-refractivity contribution in [2.45, 2.75) is 45.7 Å². The summed E-state index contributed by atoms with van der Waals surface area (Å²) in [5.41, 5.74) is 2.79. The molecule has 0 saturated carbocycles. The van der Waals surface area contributed by atoms with Gasteiger partial charge in [-0.15, -0.1) is 0 Å². The van der Waals surface area contributed by atoms with Crippen LogP contribution in [-0.2, 0) is 6.42 Å². The number of rotatable bonds is 2. The Morgan fingerprint density at radius 1 is 1.18 bits per heavy atom. The fourth-order valence-corrected chi connectivity index (χ4v) is 2.57. The van der Waals surface area contributed by atoms with Gasteiger partial charge in [-0.3, -0.25) is 0 Å². The van der Waals surface area contributed by atoms with Crippen molar-refractivity contribution < 1.29 is 0 Å². The van der Waals surface area contributed by atoms with E-state index in [1.54, 1.807) is 0 Å². The maximum Gasteiger partial charge on any atom is 0.0366 e. The lowest BCUT2D eigenvalue weighted by Gasteiger charge is -2.25. The highest BCUT2D eigenvalue weighted by Gasteiger charge is 2.18. The first kappa shape index (κ1) is 12.4. The number of benzene rings is 1. The molecule has 1 heterocycles. The molecule has 1 aliphatic rings. The van der Waals surface area contributed by atoms with E-state index in [1.807, 2.05) is 0 Å². The van der Waals surface area contributed by atoms with Crippen LogP contribution in [0.25, 0.3) is 0 Å². The van der Waals surface area contributed by atoms with Gasteiger partial charge < -0.3 is 10.2 Å². The number of aryl methyl sites for hydroxylation is 1. The average Bonchev–Trinajstić information content (AvgIpc) is 2.50. The average molecular weight is 232 g/mol. The van der Waals surface area contributed by atoms with Crippen molar-refractivity contribution >= 4 is 5.69 Å². The quantitative estimate of drug-likeness (QED) is 0.843. The molecule has 2 heteroatoms. The molecule has 2 unspecified atom stereocenters. The van der Waals surface area contributed by atoms with Crippen LogP contribution in [0.4, 0.5) is 5.69 Å². The summed E-state index contributed by atoms with van der Waals surface area (Å²) in [6.45, 7) is 9.02. The molecule has 2 atom stereocenters. The Kier molecular flexibility index (Phi) is 4.06. The Morgan fingerprint density at radius 2 is 1.88 bits per heavy atom. The minimum atomic E-state index is 0.568. The van der Waals surface area contributed by atoms with Crippen molar-refractivity contribution in [1.82, 2.24) is 5.32 Å². The fraction of sp³-hybridized carbons (Fsp3) is 0.600. The minimum absolute atomic E-state index is 0.568. The van der Waals surface area contributed by atoms with Gasteiger partial charge in [0.05, 0.1) is 0 Å². The predicted molar refractivity (Wildman–Crippen MR) is 74.7 cm³/mol. The lowest BCUT2D eigenvalue weighted by Crippen LogP contribution is -2.37. The molecule has 2 nitrogen and oxygen atoms in total. The van der Waals surface area contributed by atoms with Crippen LogP contribution in [0, 0.1) is 0 Å². The normalized spacial score (nSPS) is 25.7. The standard InChI is InChI=1S/C15H24N2/c1-4-14-5-7-15(8-6-14)17-10-9-12(2)16-13(3)11-17/h5-8,12-13,16H,4,9-11H2,1-3H3. The molecule has 1 aromatic rings. The van der Waals surface area contributed by atoms with Crippen LogP contribution >= 0.6 is 0 Å². The van der Waals surface area contributed by atoms with Gasteiger partial charge in [0, 0.05) is 30.9 Å². The van der Waals surface area contributed by atoms with E-state index < -0.39 is 0 Å². The van der Waals surface area contributed by atoms with E-state index >= 15 is 0 Å². The van der Waals surface area contributed by atoms with Crippen molar-refractivity contribution in [1.29, 1.82) is 0 Å². The number of hydrogen-bond donors (Lipinski definition) is 1. The first-order valence-electron chi connectivity index (χ1n) is 6.79. The zero-order valence-corrected chi connectivity index (χ0v) is 11.2. The smallest absolute Gasteiger partial charge is 0.0366 e. The van der Waals surface area contributed by atoms with Gasteiger partial charge >= 0.3 is 0 Å².